The minimum absolute atomic E-state index is 0.125. The van der Waals surface area contributed by atoms with Gasteiger partial charge in [0.2, 0.25) is 5.91 Å². The van der Waals surface area contributed by atoms with Crippen LogP contribution < -0.4 is 15.4 Å². The van der Waals surface area contributed by atoms with E-state index in [0.717, 1.165) is 0 Å². The highest BCUT2D eigenvalue weighted by Gasteiger charge is 2.27. The molecule has 2 rings (SSSR count). The molecular weight excluding hydrogens is 432 g/mol. The molecule has 0 aromatic heterocycles. The van der Waals surface area contributed by atoms with Crippen molar-refractivity contribution >= 4 is 21.7 Å². The second-order valence-corrected chi connectivity index (χ2v) is 8.45. The number of rotatable bonds is 10. The number of ether oxygens (including phenoxy) is 1. The third-order valence-electron chi connectivity index (χ3n) is 3.96. The summed E-state index contributed by atoms with van der Waals surface area (Å²) in [5.74, 6) is -2.82. The van der Waals surface area contributed by atoms with Crippen molar-refractivity contribution in [1.29, 1.82) is 5.26 Å². The van der Waals surface area contributed by atoms with E-state index < -0.39 is 45.8 Å². The van der Waals surface area contributed by atoms with Gasteiger partial charge in [-0.15, -0.1) is 0 Å². The number of carbonyl (C=O) groups excluding carboxylic acids is 2. The third-order valence-corrected chi connectivity index (χ3v) is 5.57. The predicted octanol–water partition coefficient (Wildman–Crippen LogP) is 1.64. The first-order valence-electron chi connectivity index (χ1n) is 8.95. The summed E-state index contributed by atoms with van der Waals surface area (Å²) in [6.45, 7) is -3.36. The molecule has 0 unspecified atom stereocenters. The molecule has 0 spiro atoms. The highest BCUT2D eigenvalue weighted by atomic mass is 32.2. The quantitative estimate of drug-likeness (QED) is 0.529. The van der Waals surface area contributed by atoms with Crippen LogP contribution in [0.2, 0.25) is 0 Å². The molecule has 2 amide bonds. The summed E-state index contributed by atoms with van der Waals surface area (Å²) in [6, 6.07) is 13.2. The van der Waals surface area contributed by atoms with Crippen molar-refractivity contribution in [3.8, 4) is 11.8 Å². The van der Waals surface area contributed by atoms with E-state index in [1.165, 1.54) is 36.4 Å². The molecule has 11 heteroatoms. The van der Waals surface area contributed by atoms with Crippen molar-refractivity contribution in [2.45, 2.75) is 18.4 Å². The van der Waals surface area contributed by atoms with E-state index in [9.17, 15) is 26.8 Å². The molecule has 2 aromatic carbocycles. The largest absolute Gasteiger partial charge is 0.435 e. The number of nitrogens with zero attached hydrogens (tertiary/aromatic N) is 1. The van der Waals surface area contributed by atoms with Gasteiger partial charge >= 0.3 is 6.61 Å². The highest BCUT2D eigenvalue weighted by molar-refractivity contribution is 7.90. The molecule has 1 atom stereocenters. The summed E-state index contributed by atoms with van der Waals surface area (Å²) in [7, 11) is -3.92. The molecule has 0 fully saturated rings. The molecule has 0 saturated carbocycles. The van der Waals surface area contributed by atoms with Crippen LogP contribution in [0.1, 0.15) is 15.9 Å². The Balaban J connectivity index is 2.12. The number of nitrogens with one attached hydrogen (secondary N) is 2. The molecule has 2 N–H and O–H groups in total. The summed E-state index contributed by atoms with van der Waals surface area (Å²) in [5, 5.41) is 13.2. The van der Waals surface area contributed by atoms with E-state index in [1.807, 2.05) is 0 Å². The zero-order valence-corrected chi connectivity index (χ0v) is 16.9. The first-order valence-corrected chi connectivity index (χ1v) is 10.8. The number of nitriles is 1. The van der Waals surface area contributed by atoms with E-state index in [2.05, 4.69) is 15.4 Å². The summed E-state index contributed by atoms with van der Waals surface area (Å²) in [4.78, 5) is 24.7. The molecule has 0 aliphatic carbocycles. The van der Waals surface area contributed by atoms with Gasteiger partial charge in [0.25, 0.3) is 5.91 Å². The standard InChI is InChI=1S/C20H19F2N3O5S/c21-20(22)30-16-8-6-14(7-9-16)12-31(28,29)13-17(19(27)24-11-10-23)25-18(26)15-4-2-1-3-5-15/h1-9,17,20H,11-13H2,(H,24,27)(H,25,26)/t17-/m0/s1. The zero-order chi connectivity index (χ0) is 22.9. The van der Waals surface area contributed by atoms with Gasteiger partial charge in [0.05, 0.1) is 17.6 Å². The third kappa shape index (κ3) is 8.02. The zero-order valence-electron chi connectivity index (χ0n) is 16.1. The van der Waals surface area contributed by atoms with Gasteiger partial charge in [0.15, 0.2) is 9.84 Å². The maximum Gasteiger partial charge on any atom is 0.387 e. The van der Waals surface area contributed by atoms with Crippen LogP contribution in [0.15, 0.2) is 54.6 Å². The lowest BCUT2D eigenvalue weighted by Gasteiger charge is -2.18. The Bertz CT molecular complexity index is 1040. The van der Waals surface area contributed by atoms with Crippen LogP contribution in [0.3, 0.4) is 0 Å². The van der Waals surface area contributed by atoms with Crippen LogP contribution in [0, 0.1) is 11.3 Å². The maximum absolute atomic E-state index is 12.6. The number of carbonyl (C=O) groups is 2. The molecule has 164 valence electrons. The Kier molecular flexibility index (Phi) is 8.45. The van der Waals surface area contributed by atoms with E-state index in [-0.39, 0.29) is 23.4 Å². The van der Waals surface area contributed by atoms with Crippen molar-refractivity contribution in [3.63, 3.8) is 0 Å². The summed E-state index contributed by atoms with van der Waals surface area (Å²) in [5.41, 5.74) is 0.514. The monoisotopic (exact) mass is 451 g/mol. The second kappa shape index (κ2) is 11.0. The molecule has 0 heterocycles. The molecular formula is C20H19F2N3O5S. The normalized spacial score (nSPS) is 11.9. The number of halogens is 2. The van der Waals surface area contributed by atoms with Gasteiger partial charge < -0.3 is 15.4 Å². The number of hydrogen-bond acceptors (Lipinski definition) is 6. The maximum atomic E-state index is 12.6. The van der Waals surface area contributed by atoms with Gasteiger partial charge in [-0.05, 0) is 29.8 Å². The molecule has 0 saturated heterocycles. The number of sulfone groups is 1. The first-order chi connectivity index (χ1) is 14.7. The van der Waals surface area contributed by atoms with Gasteiger partial charge in [0, 0.05) is 5.56 Å². The Morgan fingerprint density at radius 2 is 1.71 bits per heavy atom. The lowest BCUT2D eigenvalue weighted by molar-refractivity contribution is -0.122. The first kappa shape index (κ1) is 23.8. The number of amides is 2. The van der Waals surface area contributed by atoms with E-state index in [4.69, 9.17) is 5.26 Å². The van der Waals surface area contributed by atoms with Crippen LogP contribution in [0.4, 0.5) is 8.78 Å². The number of benzene rings is 2. The van der Waals surface area contributed by atoms with Crippen molar-refractivity contribution in [2.24, 2.45) is 0 Å². The molecule has 31 heavy (non-hydrogen) atoms. The fourth-order valence-electron chi connectivity index (χ4n) is 2.60. The molecule has 8 nitrogen and oxygen atoms in total. The summed E-state index contributed by atoms with van der Waals surface area (Å²) < 4.78 is 53.9. The molecule has 0 aliphatic rings. The van der Waals surface area contributed by atoms with Crippen molar-refractivity contribution in [2.75, 3.05) is 12.3 Å². The molecule has 0 aliphatic heterocycles. The SMILES string of the molecule is N#CCNC(=O)[C@H](CS(=O)(=O)Cc1ccc(OC(F)F)cc1)NC(=O)c1ccccc1. The number of alkyl halides is 2. The predicted molar refractivity (Wildman–Crippen MR) is 107 cm³/mol. The smallest absolute Gasteiger partial charge is 0.387 e. The Hall–Kier alpha value is -3.52. The molecule has 0 radical (unpaired) electrons. The van der Waals surface area contributed by atoms with Gasteiger partial charge in [-0.2, -0.15) is 14.0 Å². The van der Waals surface area contributed by atoms with E-state index in [0.29, 0.717) is 0 Å². The van der Waals surface area contributed by atoms with Gasteiger partial charge in [-0.25, -0.2) is 8.42 Å². The number of hydrogen-bond donors (Lipinski definition) is 2. The fourth-order valence-corrected chi connectivity index (χ4v) is 4.16. The Labute approximate surface area is 177 Å². The van der Waals surface area contributed by atoms with Crippen molar-refractivity contribution < 1.29 is 31.5 Å². The van der Waals surface area contributed by atoms with Crippen LogP contribution >= 0.6 is 0 Å². The lowest BCUT2D eigenvalue weighted by atomic mass is 10.2. The average molecular weight is 451 g/mol. The van der Waals surface area contributed by atoms with Crippen LogP contribution in [0.25, 0.3) is 0 Å². The minimum atomic E-state index is -3.92. The Morgan fingerprint density at radius 3 is 2.29 bits per heavy atom. The van der Waals surface area contributed by atoms with Crippen LogP contribution in [-0.4, -0.2) is 45.2 Å². The summed E-state index contributed by atoms with van der Waals surface area (Å²) in [6.07, 6.45) is 0. The second-order valence-electron chi connectivity index (χ2n) is 6.35. The van der Waals surface area contributed by atoms with Gasteiger partial charge in [-0.3, -0.25) is 9.59 Å². The Morgan fingerprint density at radius 1 is 1.06 bits per heavy atom. The van der Waals surface area contributed by atoms with E-state index in [1.54, 1.807) is 24.3 Å². The van der Waals surface area contributed by atoms with Crippen LogP contribution in [-0.2, 0) is 20.4 Å². The lowest BCUT2D eigenvalue weighted by Crippen LogP contribution is -2.50. The average Bonchev–Trinajstić information content (AvgIpc) is 2.72. The van der Waals surface area contributed by atoms with Crippen LogP contribution in [0.5, 0.6) is 5.75 Å². The van der Waals surface area contributed by atoms with Gasteiger partial charge in [0.1, 0.15) is 18.3 Å². The fraction of sp³-hybridized carbons (Fsp3) is 0.250. The van der Waals surface area contributed by atoms with Crippen molar-refractivity contribution in [1.82, 2.24) is 10.6 Å². The molecule has 0 bridgehead atoms. The highest BCUT2D eigenvalue weighted by Crippen LogP contribution is 2.17. The minimum Gasteiger partial charge on any atom is -0.435 e. The summed E-state index contributed by atoms with van der Waals surface area (Å²) >= 11 is 0. The van der Waals surface area contributed by atoms with E-state index >= 15 is 0 Å². The van der Waals surface area contributed by atoms with Crippen molar-refractivity contribution in [3.05, 3.63) is 65.7 Å². The molecule has 2 aromatic rings. The van der Waals surface area contributed by atoms with Gasteiger partial charge in [-0.1, -0.05) is 30.3 Å². The topological polar surface area (TPSA) is 125 Å².